The van der Waals surface area contributed by atoms with Gasteiger partial charge >= 0.3 is 0 Å². The lowest BCUT2D eigenvalue weighted by Gasteiger charge is -2.08. The second kappa shape index (κ2) is 6.78. The molecular weight excluding hydrogens is 363 g/mol. The first-order chi connectivity index (χ1) is 10.7. The van der Waals surface area contributed by atoms with Crippen LogP contribution in [0.25, 0.3) is 0 Å². The maximum Gasteiger partial charge on any atom is 0.291 e. The first-order valence-corrected chi connectivity index (χ1v) is 7.57. The number of amides is 1. The molecule has 0 aliphatic carbocycles. The molecule has 0 aliphatic heterocycles. The number of halogens is 3. The van der Waals surface area contributed by atoms with Crippen molar-refractivity contribution in [2.24, 2.45) is 5.10 Å². The van der Waals surface area contributed by atoms with Crippen LogP contribution in [0, 0.1) is 13.8 Å². The van der Waals surface area contributed by atoms with Gasteiger partial charge in [-0.05, 0) is 26.8 Å². The molecular formula is C14H13Cl3N4O2. The van der Waals surface area contributed by atoms with Crippen molar-refractivity contribution in [3.63, 3.8) is 0 Å². The summed E-state index contributed by atoms with van der Waals surface area (Å²) in [7, 11) is 0. The lowest BCUT2D eigenvalue weighted by atomic mass is 10.2. The number of nitrogens with zero attached hydrogens (tertiary/aromatic N) is 2. The first-order valence-electron chi connectivity index (χ1n) is 6.44. The Labute approximate surface area is 147 Å². The normalized spacial score (nSPS) is 11.7. The number of nitrogen functional groups attached to an aromatic ring is 1. The molecule has 0 spiro atoms. The predicted octanol–water partition coefficient (Wildman–Crippen LogP) is 3.99. The van der Waals surface area contributed by atoms with Gasteiger partial charge < -0.3 is 10.2 Å². The fraction of sp³-hybridized carbons (Fsp3) is 0.214. The van der Waals surface area contributed by atoms with E-state index < -0.39 is 5.91 Å². The Hall–Kier alpha value is -1.76. The number of furan rings is 1. The van der Waals surface area contributed by atoms with E-state index in [1.165, 1.54) is 0 Å². The van der Waals surface area contributed by atoms with Crippen LogP contribution in [0.3, 0.4) is 0 Å². The largest absolute Gasteiger partial charge is 0.466 e. The molecule has 2 aromatic rings. The summed E-state index contributed by atoms with van der Waals surface area (Å²) in [6, 6.07) is 1.82. The molecule has 0 bridgehead atoms. The molecule has 0 aromatic carbocycles. The van der Waals surface area contributed by atoms with Crippen LogP contribution in [-0.2, 0) is 0 Å². The molecule has 0 radical (unpaired) electrons. The van der Waals surface area contributed by atoms with E-state index >= 15 is 0 Å². The maximum atomic E-state index is 12.2. The number of aromatic nitrogens is 1. The van der Waals surface area contributed by atoms with Crippen LogP contribution in [0.1, 0.15) is 34.5 Å². The monoisotopic (exact) mass is 374 g/mol. The summed E-state index contributed by atoms with van der Waals surface area (Å²) in [4.78, 5) is 16.0. The minimum absolute atomic E-state index is 0.00241. The SMILES string of the molecule is C/C(=N/NC(=O)c1nc(Cl)c(Cl)c(N)c1Cl)c1cc(C)oc1C. The molecule has 0 saturated carbocycles. The summed E-state index contributed by atoms with van der Waals surface area (Å²) < 4.78 is 5.42. The van der Waals surface area contributed by atoms with Crippen molar-refractivity contribution in [1.82, 2.24) is 10.4 Å². The van der Waals surface area contributed by atoms with E-state index in [4.69, 9.17) is 45.0 Å². The van der Waals surface area contributed by atoms with Crippen LogP contribution in [0.2, 0.25) is 15.2 Å². The van der Waals surface area contributed by atoms with Crippen molar-refractivity contribution in [3.05, 3.63) is 44.0 Å². The Kier molecular flexibility index (Phi) is 5.19. The topological polar surface area (TPSA) is 93.5 Å². The van der Waals surface area contributed by atoms with E-state index in [1.54, 1.807) is 13.8 Å². The molecule has 0 aliphatic rings. The number of pyridine rings is 1. The molecule has 9 heteroatoms. The molecule has 2 heterocycles. The van der Waals surface area contributed by atoms with Crippen molar-refractivity contribution >= 4 is 52.1 Å². The number of anilines is 1. The molecule has 0 saturated heterocycles. The molecule has 122 valence electrons. The van der Waals surface area contributed by atoms with Gasteiger partial charge in [-0.25, -0.2) is 10.4 Å². The number of nitrogens with one attached hydrogen (secondary N) is 1. The Bertz CT molecular complexity index is 815. The van der Waals surface area contributed by atoms with Gasteiger partial charge in [-0.2, -0.15) is 5.10 Å². The highest BCUT2D eigenvalue weighted by Crippen LogP contribution is 2.34. The van der Waals surface area contributed by atoms with E-state index in [9.17, 15) is 4.79 Å². The second-order valence-electron chi connectivity index (χ2n) is 4.76. The minimum atomic E-state index is -0.655. The molecule has 23 heavy (non-hydrogen) atoms. The Morgan fingerprint density at radius 1 is 1.30 bits per heavy atom. The number of aryl methyl sites for hydroxylation is 2. The van der Waals surface area contributed by atoms with Crippen LogP contribution >= 0.6 is 34.8 Å². The molecule has 0 atom stereocenters. The van der Waals surface area contributed by atoms with Crippen molar-refractivity contribution in [2.45, 2.75) is 20.8 Å². The second-order valence-corrected chi connectivity index (χ2v) is 5.87. The van der Waals surface area contributed by atoms with Crippen LogP contribution in [0.15, 0.2) is 15.6 Å². The zero-order chi connectivity index (χ0) is 17.3. The quantitative estimate of drug-likeness (QED) is 0.482. The lowest BCUT2D eigenvalue weighted by Crippen LogP contribution is -2.21. The molecule has 2 aromatic heterocycles. The number of hydrogen-bond donors (Lipinski definition) is 2. The minimum Gasteiger partial charge on any atom is -0.466 e. The van der Waals surface area contributed by atoms with Crippen LogP contribution in [-0.4, -0.2) is 16.6 Å². The summed E-state index contributed by atoms with van der Waals surface area (Å²) in [5, 5.41) is 3.81. The van der Waals surface area contributed by atoms with Crippen molar-refractivity contribution in [1.29, 1.82) is 0 Å². The number of carbonyl (C=O) groups is 1. The fourth-order valence-corrected chi connectivity index (χ4v) is 2.51. The summed E-state index contributed by atoms with van der Waals surface area (Å²) in [6.07, 6.45) is 0. The predicted molar refractivity (Wildman–Crippen MR) is 91.5 cm³/mol. The fourth-order valence-electron chi connectivity index (χ4n) is 1.92. The van der Waals surface area contributed by atoms with Gasteiger partial charge in [-0.3, -0.25) is 4.79 Å². The zero-order valence-electron chi connectivity index (χ0n) is 12.5. The van der Waals surface area contributed by atoms with Gasteiger partial charge in [0.2, 0.25) is 0 Å². The van der Waals surface area contributed by atoms with Crippen LogP contribution < -0.4 is 11.2 Å². The van der Waals surface area contributed by atoms with Gasteiger partial charge in [0.05, 0.1) is 16.4 Å². The van der Waals surface area contributed by atoms with Gasteiger partial charge in [0.1, 0.15) is 16.5 Å². The number of nitrogens with two attached hydrogens (primary N) is 1. The Morgan fingerprint density at radius 2 is 1.96 bits per heavy atom. The highest BCUT2D eigenvalue weighted by Gasteiger charge is 2.19. The van der Waals surface area contributed by atoms with Gasteiger partial charge in [0.25, 0.3) is 5.91 Å². The summed E-state index contributed by atoms with van der Waals surface area (Å²) in [5.74, 6) is 0.797. The van der Waals surface area contributed by atoms with Gasteiger partial charge in [-0.1, -0.05) is 34.8 Å². The lowest BCUT2D eigenvalue weighted by molar-refractivity contribution is 0.0950. The van der Waals surface area contributed by atoms with Crippen molar-refractivity contribution in [2.75, 3.05) is 5.73 Å². The standard InChI is InChI=1S/C14H13Cl3N4O2/c1-5-4-8(7(3)23-5)6(2)20-21-14(22)12-9(15)11(18)10(16)13(17)19-12/h4H,1-3H3,(H2,18,19)(H,21,22)/b20-6-. The van der Waals surface area contributed by atoms with E-state index in [2.05, 4.69) is 15.5 Å². The third-order valence-corrected chi connectivity index (χ3v) is 4.18. The summed E-state index contributed by atoms with van der Waals surface area (Å²) in [5.41, 5.74) is 9.21. The molecule has 0 fully saturated rings. The van der Waals surface area contributed by atoms with Crippen LogP contribution in [0.5, 0.6) is 0 Å². The van der Waals surface area contributed by atoms with E-state index in [-0.39, 0.29) is 26.6 Å². The molecule has 3 N–H and O–H groups in total. The summed E-state index contributed by atoms with van der Waals surface area (Å²) in [6.45, 7) is 5.36. The van der Waals surface area contributed by atoms with Crippen molar-refractivity contribution in [3.8, 4) is 0 Å². The van der Waals surface area contributed by atoms with E-state index in [0.717, 1.165) is 11.3 Å². The Balaban J connectivity index is 2.26. The highest BCUT2D eigenvalue weighted by atomic mass is 35.5. The smallest absolute Gasteiger partial charge is 0.291 e. The molecule has 2 rings (SSSR count). The Morgan fingerprint density at radius 3 is 2.52 bits per heavy atom. The maximum absolute atomic E-state index is 12.2. The average Bonchev–Trinajstić information content (AvgIpc) is 2.84. The van der Waals surface area contributed by atoms with E-state index in [1.807, 2.05) is 13.0 Å². The third kappa shape index (κ3) is 3.60. The highest BCUT2D eigenvalue weighted by molar-refractivity contribution is 6.46. The van der Waals surface area contributed by atoms with Crippen molar-refractivity contribution < 1.29 is 9.21 Å². The molecule has 0 unspecified atom stereocenters. The van der Waals surface area contributed by atoms with Crippen LogP contribution in [0.4, 0.5) is 5.69 Å². The van der Waals surface area contributed by atoms with Gasteiger partial charge in [-0.15, -0.1) is 0 Å². The van der Waals surface area contributed by atoms with Gasteiger partial charge in [0, 0.05) is 5.56 Å². The zero-order valence-corrected chi connectivity index (χ0v) is 14.8. The number of hydrogen-bond acceptors (Lipinski definition) is 5. The van der Waals surface area contributed by atoms with E-state index in [0.29, 0.717) is 11.5 Å². The van der Waals surface area contributed by atoms with Gasteiger partial charge in [0.15, 0.2) is 10.8 Å². The number of hydrazone groups is 1. The molecule has 6 nitrogen and oxygen atoms in total. The average molecular weight is 376 g/mol. The number of rotatable bonds is 3. The first kappa shape index (κ1) is 17.6. The molecule has 1 amide bonds. The third-order valence-electron chi connectivity index (χ3n) is 3.04. The number of carbonyl (C=O) groups excluding carboxylic acids is 1. The summed E-state index contributed by atoms with van der Waals surface area (Å²) >= 11 is 17.6.